The summed E-state index contributed by atoms with van der Waals surface area (Å²) in [6.07, 6.45) is 3.77. The summed E-state index contributed by atoms with van der Waals surface area (Å²) in [6.45, 7) is 16.6. The summed E-state index contributed by atoms with van der Waals surface area (Å²) in [6, 6.07) is 0.828. The van der Waals surface area contributed by atoms with E-state index < -0.39 is 25.2 Å². The Morgan fingerprint density at radius 2 is 1.30 bits per heavy atom. The molecule has 0 amide bonds. The van der Waals surface area contributed by atoms with Crippen LogP contribution in [0.15, 0.2) is 12.3 Å². The average molecular weight is 337 g/mol. The lowest BCUT2D eigenvalue weighted by Crippen LogP contribution is -2.52. The molecule has 0 rings (SSSR count). The first-order valence-corrected chi connectivity index (χ1v) is 16.5. The zero-order chi connectivity index (χ0) is 15.9. The molecule has 0 saturated carbocycles. The van der Waals surface area contributed by atoms with Gasteiger partial charge in [0.05, 0.1) is 12.9 Å². The van der Waals surface area contributed by atoms with Crippen LogP contribution in [0.25, 0.3) is 0 Å². The molecular weight excluding hydrogens is 304 g/mol. The fourth-order valence-electron chi connectivity index (χ4n) is 1.93. The third-order valence-electron chi connectivity index (χ3n) is 2.13. The van der Waals surface area contributed by atoms with Gasteiger partial charge in [0.25, 0.3) is 0 Å². The van der Waals surface area contributed by atoms with E-state index in [0.717, 1.165) is 6.04 Å². The Morgan fingerprint density at radius 3 is 1.70 bits per heavy atom. The van der Waals surface area contributed by atoms with Crippen LogP contribution in [0.4, 0.5) is 0 Å². The van der Waals surface area contributed by atoms with Gasteiger partial charge < -0.3 is 17.7 Å². The Labute approximate surface area is 128 Å². The summed E-state index contributed by atoms with van der Waals surface area (Å²) in [5, 5.41) is 0. The maximum Gasteiger partial charge on any atom is 0.318 e. The molecule has 0 aliphatic heterocycles. The molecule has 0 fully saturated rings. The zero-order valence-electron chi connectivity index (χ0n) is 14.4. The Balaban J connectivity index is 4.53. The lowest BCUT2D eigenvalue weighted by atomic mass is 10.7. The Bertz CT molecular complexity index is 279. The molecule has 0 aliphatic rings. The van der Waals surface area contributed by atoms with Gasteiger partial charge in [-0.2, -0.15) is 0 Å². The molecule has 0 N–H and O–H groups in total. The largest absolute Gasteiger partial charge is 0.499 e. The summed E-state index contributed by atoms with van der Waals surface area (Å²) in [7, 11) is -3.71. The molecule has 0 aromatic carbocycles. The highest BCUT2D eigenvalue weighted by Crippen LogP contribution is 2.24. The van der Waals surface area contributed by atoms with E-state index in [2.05, 4.69) is 45.8 Å². The van der Waals surface area contributed by atoms with Crippen molar-refractivity contribution in [3.05, 3.63) is 12.3 Å². The predicted octanol–water partition coefficient (Wildman–Crippen LogP) is 3.94. The highest BCUT2D eigenvalue weighted by molar-refractivity contribution is 6.87. The number of hydrogen-bond acceptors (Lipinski definition) is 4. The van der Waals surface area contributed by atoms with Crippen LogP contribution in [0.5, 0.6) is 0 Å². The fraction of sp³-hybridized carbons (Fsp3) is 0.846. The molecule has 4 nitrogen and oxygen atoms in total. The van der Waals surface area contributed by atoms with Gasteiger partial charge in [-0.15, -0.1) is 0 Å². The molecule has 0 saturated heterocycles. The maximum absolute atomic E-state index is 6.39. The van der Waals surface area contributed by atoms with Crippen LogP contribution in [-0.2, 0) is 17.7 Å². The number of rotatable bonds is 10. The molecule has 7 heteroatoms. The summed E-state index contributed by atoms with van der Waals surface area (Å²) < 4.78 is 23.1. The third-order valence-corrected chi connectivity index (χ3v) is 11.5. The summed E-state index contributed by atoms with van der Waals surface area (Å²) in [5.74, 6) is 0. The normalized spacial score (nSPS) is 14.0. The average Bonchev–Trinajstić information content (AvgIpc) is 2.17. The van der Waals surface area contributed by atoms with Crippen molar-refractivity contribution in [3.63, 3.8) is 0 Å². The van der Waals surface area contributed by atoms with Gasteiger partial charge in [0, 0.05) is 13.2 Å². The standard InChI is InChI=1S/C13H32O4Si3/c1-14-11-12-15-10-9-13-20(8,16-18(2,3)4)17-19(5,6)7/h9-10H,11-13H2,1-8H3/b10-9+. The molecule has 0 aromatic heterocycles. The quantitative estimate of drug-likeness (QED) is 0.344. The number of hydrogen-bond donors (Lipinski definition) is 0. The second-order valence-corrected chi connectivity index (χ2v) is 19.8. The van der Waals surface area contributed by atoms with Crippen LogP contribution in [-0.4, -0.2) is 45.5 Å². The monoisotopic (exact) mass is 336 g/mol. The van der Waals surface area contributed by atoms with Crippen LogP contribution in [0.2, 0.25) is 51.9 Å². The molecule has 120 valence electrons. The van der Waals surface area contributed by atoms with Crippen LogP contribution < -0.4 is 0 Å². The van der Waals surface area contributed by atoms with Crippen molar-refractivity contribution >= 4 is 25.2 Å². The van der Waals surface area contributed by atoms with Gasteiger partial charge >= 0.3 is 8.56 Å². The van der Waals surface area contributed by atoms with E-state index in [0.29, 0.717) is 13.2 Å². The molecule has 0 heterocycles. The van der Waals surface area contributed by atoms with Gasteiger partial charge in [-0.1, -0.05) is 0 Å². The molecule has 0 bridgehead atoms. The molecular formula is C13H32O4Si3. The zero-order valence-corrected chi connectivity index (χ0v) is 17.4. The van der Waals surface area contributed by atoms with Crippen molar-refractivity contribution in [3.8, 4) is 0 Å². The minimum atomic E-state index is -2.16. The summed E-state index contributed by atoms with van der Waals surface area (Å²) >= 11 is 0. The van der Waals surface area contributed by atoms with Crippen LogP contribution in [0, 0.1) is 0 Å². The molecule has 0 atom stereocenters. The summed E-state index contributed by atoms with van der Waals surface area (Å²) in [5.41, 5.74) is 0. The topological polar surface area (TPSA) is 36.9 Å². The van der Waals surface area contributed by atoms with Crippen LogP contribution in [0.1, 0.15) is 0 Å². The maximum atomic E-state index is 6.39. The molecule has 0 radical (unpaired) electrons. The number of methoxy groups -OCH3 is 1. The molecule has 0 spiro atoms. The van der Waals surface area contributed by atoms with E-state index in [9.17, 15) is 0 Å². The Morgan fingerprint density at radius 1 is 0.800 bits per heavy atom. The van der Waals surface area contributed by atoms with E-state index in [4.69, 9.17) is 17.7 Å². The summed E-state index contributed by atoms with van der Waals surface area (Å²) in [4.78, 5) is 0. The van der Waals surface area contributed by atoms with E-state index in [1.807, 2.05) is 6.08 Å². The van der Waals surface area contributed by atoms with Crippen molar-refractivity contribution in [1.29, 1.82) is 0 Å². The first-order valence-electron chi connectivity index (χ1n) is 7.13. The van der Waals surface area contributed by atoms with Gasteiger partial charge in [-0.3, -0.25) is 0 Å². The molecule has 0 aliphatic carbocycles. The van der Waals surface area contributed by atoms with Crippen LogP contribution >= 0.6 is 0 Å². The Hall–Kier alpha value is 0.0706. The van der Waals surface area contributed by atoms with E-state index >= 15 is 0 Å². The highest BCUT2D eigenvalue weighted by atomic mass is 28.5. The van der Waals surface area contributed by atoms with E-state index in [1.54, 1.807) is 13.4 Å². The fourth-order valence-corrected chi connectivity index (χ4v) is 14.0. The Kier molecular flexibility index (Phi) is 8.53. The predicted molar refractivity (Wildman–Crippen MR) is 92.3 cm³/mol. The van der Waals surface area contributed by atoms with E-state index in [-0.39, 0.29) is 0 Å². The molecule has 0 aromatic rings. The highest BCUT2D eigenvalue weighted by Gasteiger charge is 2.39. The van der Waals surface area contributed by atoms with Crippen molar-refractivity contribution in [2.24, 2.45) is 0 Å². The number of ether oxygens (including phenoxy) is 2. The van der Waals surface area contributed by atoms with Gasteiger partial charge in [0.15, 0.2) is 16.6 Å². The van der Waals surface area contributed by atoms with Gasteiger partial charge in [0.2, 0.25) is 0 Å². The minimum Gasteiger partial charge on any atom is -0.499 e. The SMILES string of the molecule is COCCO/C=C/C[Si](C)(O[Si](C)(C)C)O[Si](C)(C)C. The lowest BCUT2D eigenvalue weighted by Gasteiger charge is -2.37. The van der Waals surface area contributed by atoms with Gasteiger partial charge in [-0.05, 0) is 51.9 Å². The number of allylic oxidation sites excluding steroid dienone is 1. The lowest BCUT2D eigenvalue weighted by molar-refractivity contribution is 0.123. The van der Waals surface area contributed by atoms with Gasteiger partial charge in [0.1, 0.15) is 6.61 Å². The minimum absolute atomic E-state index is 0.578. The smallest absolute Gasteiger partial charge is 0.318 e. The second kappa shape index (κ2) is 8.50. The molecule has 20 heavy (non-hydrogen) atoms. The van der Waals surface area contributed by atoms with Crippen LogP contribution in [0.3, 0.4) is 0 Å². The first-order chi connectivity index (χ1) is 8.97. The second-order valence-electron chi connectivity index (χ2n) is 7.00. The van der Waals surface area contributed by atoms with Crippen molar-refractivity contribution in [1.82, 2.24) is 0 Å². The third kappa shape index (κ3) is 11.9. The molecule has 0 unspecified atom stereocenters. The first kappa shape index (κ1) is 20.1. The van der Waals surface area contributed by atoms with E-state index in [1.165, 1.54) is 0 Å². The van der Waals surface area contributed by atoms with Crippen molar-refractivity contribution < 1.29 is 17.7 Å². The van der Waals surface area contributed by atoms with Crippen molar-refractivity contribution in [2.75, 3.05) is 20.3 Å². The van der Waals surface area contributed by atoms with Gasteiger partial charge in [-0.25, -0.2) is 0 Å². The van der Waals surface area contributed by atoms with Crippen molar-refractivity contribution in [2.45, 2.75) is 51.9 Å².